The van der Waals surface area contributed by atoms with Crippen molar-refractivity contribution in [1.82, 2.24) is 24.6 Å². The maximum Gasteiger partial charge on any atom is 0.224 e. The predicted octanol–water partition coefficient (Wildman–Crippen LogP) is -0.176. The van der Waals surface area contributed by atoms with Gasteiger partial charge in [-0.2, -0.15) is 0 Å². The summed E-state index contributed by atoms with van der Waals surface area (Å²) in [6.07, 6.45) is 5.79. The fourth-order valence-corrected chi connectivity index (χ4v) is 3.23. The first-order valence-electron chi connectivity index (χ1n) is 7.86. The number of piperidine rings is 1. The van der Waals surface area contributed by atoms with Crippen molar-refractivity contribution in [3.8, 4) is 0 Å². The van der Waals surface area contributed by atoms with E-state index in [0.29, 0.717) is 13.0 Å². The van der Waals surface area contributed by atoms with Gasteiger partial charge in [0, 0.05) is 45.2 Å². The molecule has 1 aromatic heterocycles. The van der Waals surface area contributed by atoms with Gasteiger partial charge in [0.1, 0.15) is 12.2 Å². The quantitative estimate of drug-likeness (QED) is 0.833. The van der Waals surface area contributed by atoms with Gasteiger partial charge in [-0.05, 0) is 19.3 Å². The smallest absolute Gasteiger partial charge is 0.224 e. The number of amides is 1. The zero-order chi connectivity index (χ0) is 14.7. The monoisotopic (exact) mass is 292 g/mol. The highest BCUT2D eigenvalue weighted by Gasteiger charge is 2.27. The Morgan fingerprint density at radius 3 is 2.81 bits per heavy atom. The Morgan fingerprint density at radius 1 is 1.24 bits per heavy atom. The molecule has 1 saturated heterocycles. The Hall–Kier alpha value is -1.47. The Bertz CT molecular complexity index is 482. The third-order valence-corrected chi connectivity index (χ3v) is 4.58. The van der Waals surface area contributed by atoms with Crippen molar-refractivity contribution >= 4 is 5.91 Å². The first-order valence-corrected chi connectivity index (χ1v) is 7.86. The summed E-state index contributed by atoms with van der Waals surface area (Å²) >= 11 is 0. The van der Waals surface area contributed by atoms with Gasteiger partial charge in [-0.1, -0.05) is 0 Å². The zero-order valence-electron chi connectivity index (χ0n) is 12.4. The van der Waals surface area contributed by atoms with Crippen LogP contribution in [0.1, 0.15) is 31.5 Å². The summed E-state index contributed by atoms with van der Waals surface area (Å²) in [4.78, 5) is 16.7. The third kappa shape index (κ3) is 3.24. The van der Waals surface area contributed by atoms with Crippen molar-refractivity contribution < 1.29 is 4.79 Å². The first-order chi connectivity index (χ1) is 10.3. The van der Waals surface area contributed by atoms with Crippen LogP contribution in [0, 0.1) is 0 Å². The minimum absolute atomic E-state index is 0.102. The van der Waals surface area contributed by atoms with E-state index < -0.39 is 0 Å². The molecule has 7 nitrogen and oxygen atoms in total. The Labute approximate surface area is 125 Å². The molecule has 1 fully saturated rings. The number of carbonyl (C=O) groups excluding carboxylic acids is 1. The van der Waals surface area contributed by atoms with Gasteiger partial charge in [-0.3, -0.25) is 9.69 Å². The van der Waals surface area contributed by atoms with E-state index in [9.17, 15) is 4.79 Å². The van der Waals surface area contributed by atoms with Gasteiger partial charge >= 0.3 is 0 Å². The lowest BCUT2D eigenvalue weighted by atomic mass is 10.1. The van der Waals surface area contributed by atoms with Gasteiger partial charge in [0.05, 0.1) is 6.54 Å². The number of likely N-dealkylation sites (tertiary alicyclic amines) is 1. The number of carbonyl (C=O) groups is 1. The molecule has 0 aromatic carbocycles. The highest BCUT2D eigenvalue weighted by molar-refractivity contribution is 5.77. The summed E-state index contributed by atoms with van der Waals surface area (Å²) in [6.45, 7) is 4.83. The summed E-state index contributed by atoms with van der Waals surface area (Å²) in [5.74, 6) is 1.21. The molecule has 0 radical (unpaired) electrons. The molecule has 1 atom stereocenters. The first kappa shape index (κ1) is 14.5. The van der Waals surface area contributed by atoms with E-state index >= 15 is 0 Å². The van der Waals surface area contributed by atoms with E-state index in [2.05, 4.69) is 19.7 Å². The zero-order valence-corrected chi connectivity index (χ0v) is 12.4. The minimum atomic E-state index is 0.102. The maximum absolute atomic E-state index is 12.4. The van der Waals surface area contributed by atoms with Crippen LogP contribution in [0.2, 0.25) is 0 Å². The lowest BCUT2D eigenvalue weighted by molar-refractivity contribution is -0.133. The predicted molar refractivity (Wildman–Crippen MR) is 78.3 cm³/mol. The third-order valence-electron chi connectivity index (χ3n) is 4.58. The average Bonchev–Trinajstić information content (AvgIpc) is 3.00. The van der Waals surface area contributed by atoms with Crippen molar-refractivity contribution in [3.63, 3.8) is 0 Å². The highest BCUT2D eigenvalue weighted by atomic mass is 16.2. The summed E-state index contributed by atoms with van der Waals surface area (Å²) < 4.78 is 2.07. The second kappa shape index (κ2) is 6.53. The van der Waals surface area contributed by atoms with Crippen LogP contribution in [-0.2, 0) is 17.9 Å². The van der Waals surface area contributed by atoms with Crippen molar-refractivity contribution in [1.29, 1.82) is 0 Å². The molecular formula is C14H24N6O. The van der Waals surface area contributed by atoms with Gasteiger partial charge in [0.2, 0.25) is 5.91 Å². The number of aromatic nitrogens is 3. The van der Waals surface area contributed by atoms with E-state index in [0.717, 1.165) is 51.4 Å². The fourth-order valence-electron chi connectivity index (χ4n) is 3.23. The lowest BCUT2D eigenvalue weighted by Crippen LogP contribution is -2.48. The van der Waals surface area contributed by atoms with Crippen LogP contribution in [0.5, 0.6) is 0 Å². The van der Waals surface area contributed by atoms with Gasteiger partial charge in [-0.25, -0.2) is 0 Å². The molecule has 2 aliphatic rings. The standard InChI is InChI=1S/C14H24N6O/c15-9-12(8-14(21)18-4-2-1-3-5-18)19-6-7-20-11-16-17-13(20)10-19/h11-12H,1-10,15H2. The van der Waals surface area contributed by atoms with Crippen LogP contribution in [-0.4, -0.2) is 62.7 Å². The second-order valence-electron chi connectivity index (χ2n) is 5.95. The van der Waals surface area contributed by atoms with E-state index in [-0.39, 0.29) is 11.9 Å². The van der Waals surface area contributed by atoms with Crippen LogP contribution >= 0.6 is 0 Å². The van der Waals surface area contributed by atoms with Crippen LogP contribution in [0.3, 0.4) is 0 Å². The van der Waals surface area contributed by atoms with E-state index in [1.54, 1.807) is 6.33 Å². The van der Waals surface area contributed by atoms with Crippen LogP contribution < -0.4 is 5.73 Å². The Balaban J connectivity index is 1.59. The molecule has 2 N–H and O–H groups in total. The van der Waals surface area contributed by atoms with Gasteiger partial charge in [-0.15, -0.1) is 10.2 Å². The Kier molecular flexibility index (Phi) is 4.50. The average molecular weight is 292 g/mol. The van der Waals surface area contributed by atoms with Gasteiger partial charge in [0.25, 0.3) is 0 Å². The summed E-state index contributed by atoms with van der Waals surface area (Å²) in [5.41, 5.74) is 5.92. The van der Waals surface area contributed by atoms with Gasteiger partial charge < -0.3 is 15.2 Å². The molecule has 3 rings (SSSR count). The van der Waals surface area contributed by atoms with Crippen LogP contribution in [0.4, 0.5) is 0 Å². The Morgan fingerprint density at radius 2 is 2.05 bits per heavy atom. The minimum Gasteiger partial charge on any atom is -0.343 e. The van der Waals surface area contributed by atoms with Gasteiger partial charge in [0.15, 0.2) is 0 Å². The SMILES string of the molecule is NCC(CC(=O)N1CCCCC1)N1CCn2cnnc2C1. The van der Waals surface area contributed by atoms with Crippen molar-refractivity contribution in [2.75, 3.05) is 26.2 Å². The lowest BCUT2D eigenvalue weighted by Gasteiger charge is -2.35. The normalized spacial score (nSPS) is 21.1. The summed E-state index contributed by atoms with van der Waals surface area (Å²) in [7, 11) is 0. The van der Waals surface area contributed by atoms with Crippen molar-refractivity contribution in [2.45, 2.75) is 44.8 Å². The molecule has 0 bridgehead atoms. The molecule has 7 heteroatoms. The molecule has 116 valence electrons. The highest BCUT2D eigenvalue weighted by Crippen LogP contribution is 2.16. The van der Waals surface area contributed by atoms with E-state index in [1.807, 2.05) is 4.90 Å². The molecule has 0 aliphatic carbocycles. The van der Waals surface area contributed by atoms with Crippen molar-refractivity contribution in [2.24, 2.45) is 5.73 Å². The van der Waals surface area contributed by atoms with Crippen LogP contribution in [0.15, 0.2) is 6.33 Å². The molecule has 3 heterocycles. The largest absolute Gasteiger partial charge is 0.343 e. The number of hydrogen-bond donors (Lipinski definition) is 1. The van der Waals surface area contributed by atoms with Crippen LogP contribution in [0.25, 0.3) is 0 Å². The molecule has 0 saturated carbocycles. The summed E-state index contributed by atoms with van der Waals surface area (Å²) in [6, 6.07) is 0.102. The van der Waals surface area contributed by atoms with E-state index in [4.69, 9.17) is 5.73 Å². The topological polar surface area (TPSA) is 80.3 Å². The molecule has 1 aromatic rings. The second-order valence-corrected chi connectivity index (χ2v) is 5.95. The molecule has 1 unspecified atom stereocenters. The molecule has 2 aliphatic heterocycles. The number of rotatable bonds is 4. The summed E-state index contributed by atoms with van der Waals surface area (Å²) in [5, 5.41) is 8.07. The number of hydrogen-bond acceptors (Lipinski definition) is 5. The number of nitrogens with two attached hydrogens (primary N) is 1. The fraction of sp³-hybridized carbons (Fsp3) is 0.786. The van der Waals surface area contributed by atoms with E-state index in [1.165, 1.54) is 6.42 Å². The molecular weight excluding hydrogens is 268 g/mol. The molecule has 21 heavy (non-hydrogen) atoms. The maximum atomic E-state index is 12.4. The number of nitrogens with zero attached hydrogens (tertiary/aromatic N) is 5. The van der Waals surface area contributed by atoms with Crippen molar-refractivity contribution in [3.05, 3.63) is 12.2 Å². The number of fused-ring (bicyclic) bond motifs is 1. The molecule has 0 spiro atoms. The molecule has 1 amide bonds.